The van der Waals surface area contributed by atoms with Gasteiger partial charge in [0, 0.05) is 47.4 Å². The van der Waals surface area contributed by atoms with E-state index in [4.69, 9.17) is 5.10 Å². The summed E-state index contributed by atoms with van der Waals surface area (Å²) >= 11 is 0. The van der Waals surface area contributed by atoms with Gasteiger partial charge in [-0.05, 0) is 64.8 Å². The van der Waals surface area contributed by atoms with E-state index in [0.717, 1.165) is 32.0 Å². The van der Waals surface area contributed by atoms with Crippen LogP contribution in [0.3, 0.4) is 0 Å². The lowest BCUT2D eigenvalue weighted by atomic mass is 9.86. The molecule has 7 heteroatoms. The van der Waals surface area contributed by atoms with Crippen molar-refractivity contribution >= 4 is 5.57 Å². The molecule has 0 unspecified atom stereocenters. The number of allylic oxidation sites excluding steroid dienone is 2. The van der Waals surface area contributed by atoms with Crippen molar-refractivity contribution in [1.82, 2.24) is 19.7 Å². The number of alkyl halides is 3. The summed E-state index contributed by atoms with van der Waals surface area (Å²) in [7, 11) is 0. The molecule has 0 aromatic carbocycles. The summed E-state index contributed by atoms with van der Waals surface area (Å²) in [5.41, 5.74) is 2.67. The zero-order chi connectivity index (χ0) is 21.8. The fourth-order valence-electron chi connectivity index (χ4n) is 5.19. The summed E-state index contributed by atoms with van der Waals surface area (Å²) < 4.78 is 42.2. The molecule has 0 bridgehead atoms. The Hall–Kier alpha value is -2.15. The SMILES string of the molecule is CC(C)n1nc(-c2cnc3c(c2)C(C(F)(F)F)=CC3)cc1C1CCN(C2CCC2)CC1. The minimum absolute atomic E-state index is 0.194. The summed E-state index contributed by atoms with van der Waals surface area (Å²) in [5, 5.41) is 4.81. The molecule has 4 nitrogen and oxygen atoms in total. The summed E-state index contributed by atoms with van der Waals surface area (Å²) in [5.74, 6) is 0.438. The van der Waals surface area contributed by atoms with Gasteiger partial charge in [-0.1, -0.05) is 12.5 Å². The first-order valence-corrected chi connectivity index (χ1v) is 11.4. The Kier molecular flexibility index (Phi) is 5.19. The standard InChI is InChI=1S/C24H29F3N4/c1-15(2)31-23(16-8-10-30(11-9-16)18-4-3-5-18)13-22(29-31)17-12-19-20(24(25,26)27)6-7-21(19)28-14-17/h6,12-16,18H,3-5,7-11H2,1-2H3. The molecule has 0 spiro atoms. The van der Waals surface area contributed by atoms with Gasteiger partial charge in [-0.2, -0.15) is 18.3 Å². The molecule has 2 aromatic heterocycles. The second-order valence-electron chi connectivity index (χ2n) is 9.43. The predicted octanol–water partition coefficient (Wildman–Crippen LogP) is 5.76. The molecular weight excluding hydrogens is 401 g/mol. The van der Waals surface area contributed by atoms with Gasteiger partial charge in [0.05, 0.1) is 17.0 Å². The van der Waals surface area contributed by atoms with Crippen LogP contribution in [0, 0.1) is 0 Å². The lowest BCUT2D eigenvalue weighted by Crippen LogP contribution is -2.44. The number of hydrogen-bond donors (Lipinski definition) is 0. The Bertz CT molecular complexity index is 993. The van der Waals surface area contributed by atoms with Gasteiger partial charge in [0.2, 0.25) is 0 Å². The molecule has 0 radical (unpaired) electrons. The van der Waals surface area contributed by atoms with Crippen molar-refractivity contribution in [3.05, 3.63) is 41.4 Å². The van der Waals surface area contributed by atoms with Crippen LogP contribution in [0.2, 0.25) is 0 Å². The molecule has 2 aromatic rings. The Labute approximate surface area is 181 Å². The molecule has 3 heterocycles. The number of pyridine rings is 1. The summed E-state index contributed by atoms with van der Waals surface area (Å²) in [6, 6.07) is 4.67. The molecule has 2 aliphatic carbocycles. The first kappa shape index (κ1) is 20.7. The van der Waals surface area contributed by atoms with Gasteiger partial charge in [-0.15, -0.1) is 0 Å². The first-order valence-electron chi connectivity index (χ1n) is 11.4. The monoisotopic (exact) mass is 430 g/mol. The van der Waals surface area contributed by atoms with Gasteiger partial charge in [0.15, 0.2) is 0 Å². The maximum atomic E-state index is 13.4. The number of fused-ring (bicyclic) bond motifs is 1. The van der Waals surface area contributed by atoms with E-state index in [9.17, 15) is 13.2 Å². The second kappa shape index (κ2) is 7.76. The minimum Gasteiger partial charge on any atom is -0.300 e. The van der Waals surface area contributed by atoms with Crippen LogP contribution in [0.15, 0.2) is 24.4 Å². The zero-order valence-electron chi connectivity index (χ0n) is 18.1. The van der Waals surface area contributed by atoms with Crippen molar-refractivity contribution in [1.29, 1.82) is 0 Å². The average Bonchev–Trinajstić information content (AvgIpc) is 3.31. The highest BCUT2D eigenvalue weighted by Crippen LogP contribution is 2.41. The number of nitrogens with zero attached hydrogens (tertiary/aromatic N) is 4. The largest absolute Gasteiger partial charge is 0.416 e. The summed E-state index contributed by atoms with van der Waals surface area (Å²) in [6.07, 6.45) is 5.01. The van der Waals surface area contributed by atoms with Gasteiger partial charge in [0.25, 0.3) is 0 Å². The smallest absolute Gasteiger partial charge is 0.300 e. The molecule has 1 saturated heterocycles. The van der Waals surface area contributed by atoms with E-state index in [-0.39, 0.29) is 18.0 Å². The van der Waals surface area contributed by atoms with E-state index in [0.29, 0.717) is 22.9 Å². The van der Waals surface area contributed by atoms with Gasteiger partial charge in [-0.3, -0.25) is 9.67 Å². The molecule has 5 rings (SSSR count). The molecule has 3 aliphatic rings. The first-order chi connectivity index (χ1) is 14.8. The van der Waals surface area contributed by atoms with Crippen molar-refractivity contribution < 1.29 is 13.2 Å². The number of piperidine rings is 1. The lowest BCUT2D eigenvalue weighted by molar-refractivity contribution is -0.0687. The van der Waals surface area contributed by atoms with Crippen LogP contribution in [0.25, 0.3) is 16.8 Å². The molecule has 166 valence electrons. The second-order valence-corrected chi connectivity index (χ2v) is 9.43. The Balaban J connectivity index is 1.42. The highest BCUT2D eigenvalue weighted by molar-refractivity contribution is 5.78. The maximum absolute atomic E-state index is 13.4. The van der Waals surface area contributed by atoms with Crippen LogP contribution in [-0.4, -0.2) is 45.0 Å². The number of hydrogen-bond acceptors (Lipinski definition) is 3. The van der Waals surface area contributed by atoms with E-state index in [1.165, 1.54) is 31.0 Å². The lowest BCUT2D eigenvalue weighted by Gasteiger charge is -2.41. The van der Waals surface area contributed by atoms with Crippen molar-refractivity contribution in [3.8, 4) is 11.3 Å². The molecule has 1 aliphatic heterocycles. The highest BCUT2D eigenvalue weighted by atomic mass is 19.4. The van der Waals surface area contributed by atoms with Crippen LogP contribution >= 0.6 is 0 Å². The van der Waals surface area contributed by atoms with E-state index in [1.54, 1.807) is 12.3 Å². The quantitative estimate of drug-likeness (QED) is 0.618. The van der Waals surface area contributed by atoms with Crippen LogP contribution in [-0.2, 0) is 6.42 Å². The van der Waals surface area contributed by atoms with Crippen LogP contribution < -0.4 is 0 Å². The van der Waals surface area contributed by atoms with Gasteiger partial charge >= 0.3 is 6.18 Å². The average molecular weight is 431 g/mol. The zero-order valence-corrected chi connectivity index (χ0v) is 18.1. The van der Waals surface area contributed by atoms with E-state index >= 15 is 0 Å². The maximum Gasteiger partial charge on any atom is 0.416 e. The normalized spacial score (nSPS) is 20.8. The van der Waals surface area contributed by atoms with E-state index < -0.39 is 11.7 Å². The summed E-state index contributed by atoms with van der Waals surface area (Å²) in [4.78, 5) is 6.96. The Morgan fingerprint density at radius 1 is 1.06 bits per heavy atom. The molecule has 31 heavy (non-hydrogen) atoms. The number of halogens is 3. The van der Waals surface area contributed by atoms with Crippen molar-refractivity contribution in [2.75, 3.05) is 13.1 Å². The molecule has 0 N–H and O–H groups in total. The van der Waals surface area contributed by atoms with Crippen LogP contribution in [0.1, 0.15) is 74.9 Å². The Morgan fingerprint density at radius 3 is 2.42 bits per heavy atom. The Morgan fingerprint density at radius 2 is 1.81 bits per heavy atom. The molecule has 0 amide bonds. The fraction of sp³-hybridized carbons (Fsp3) is 0.583. The third-order valence-corrected chi connectivity index (χ3v) is 7.15. The number of rotatable bonds is 4. The molecule has 2 fully saturated rings. The molecule has 0 atom stereocenters. The van der Waals surface area contributed by atoms with Gasteiger partial charge in [-0.25, -0.2) is 0 Å². The number of likely N-dealkylation sites (tertiary alicyclic amines) is 1. The van der Waals surface area contributed by atoms with Crippen LogP contribution in [0.5, 0.6) is 0 Å². The van der Waals surface area contributed by atoms with Crippen molar-refractivity contribution in [3.63, 3.8) is 0 Å². The van der Waals surface area contributed by atoms with Gasteiger partial charge in [0.1, 0.15) is 0 Å². The molecule has 1 saturated carbocycles. The fourth-order valence-corrected chi connectivity index (χ4v) is 5.19. The van der Waals surface area contributed by atoms with Crippen LogP contribution in [0.4, 0.5) is 13.2 Å². The van der Waals surface area contributed by atoms with Crippen molar-refractivity contribution in [2.45, 2.75) is 76.6 Å². The topological polar surface area (TPSA) is 34.0 Å². The highest BCUT2D eigenvalue weighted by Gasteiger charge is 2.38. The van der Waals surface area contributed by atoms with Gasteiger partial charge < -0.3 is 4.90 Å². The molecular formula is C24H29F3N4. The predicted molar refractivity (Wildman–Crippen MR) is 115 cm³/mol. The summed E-state index contributed by atoms with van der Waals surface area (Å²) in [6.45, 7) is 6.45. The third-order valence-electron chi connectivity index (χ3n) is 7.15. The third kappa shape index (κ3) is 3.81. The van der Waals surface area contributed by atoms with E-state index in [1.807, 2.05) is 0 Å². The van der Waals surface area contributed by atoms with E-state index in [2.05, 4.69) is 34.5 Å². The minimum atomic E-state index is -4.36. The van der Waals surface area contributed by atoms with Crippen molar-refractivity contribution in [2.24, 2.45) is 0 Å². The number of aromatic nitrogens is 3.